The molecular formula is C16H27ClN2. The molecule has 0 bridgehead atoms. The molecule has 3 atom stereocenters. The summed E-state index contributed by atoms with van der Waals surface area (Å²) in [5, 5.41) is 0.818. The molecule has 0 fully saturated rings. The van der Waals surface area contributed by atoms with Gasteiger partial charge in [0.1, 0.15) is 0 Å². The monoisotopic (exact) mass is 282 g/mol. The topological polar surface area (TPSA) is 29.3 Å². The zero-order valence-electron chi connectivity index (χ0n) is 12.6. The summed E-state index contributed by atoms with van der Waals surface area (Å²) in [7, 11) is 0. The first-order valence-electron chi connectivity index (χ1n) is 7.32. The van der Waals surface area contributed by atoms with Crippen molar-refractivity contribution in [1.82, 2.24) is 4.90 Å². The third-order valence-corrected chi connectivity index (χ3v) is 4.32. The van der Waals surface area contributed by atoms with Gasteiger partial charge in [0, 0.05) is 17.1 Å². The van der Waals surface area contributed by atoms with Gasteiger partial charge < -0.3 is 5.73 Å². The van der Waals surface area contributed by atoms with E-state index in [9.17, 15) is 0 Å². The van der Waals surface area contributed by atoms with Gasteiger partial charge in [-0.15, -0.1) is 0 Å². The molecule has 1 aromatic rings. The molecule has 0 aliphatic rings. The van der Waals surface area contributed by atoms with Gasteiger partial charge in [0.25, 0.3) is 0 Å². The average Bonchev–Trinajstić information content (AvgIpc) is 2.44. The lowest BCUT2D eigenvalue weighted by atomic mass is 9.94. The van der Waals surface area contributed by atoms with Crippen LogP contribution in [0.3, 0.4) is 0 Å². The normalized spacial score (nSPS) is 16.4. The molecule has 1 rings (SSSR count). The fourth-order valence-corrected chi connectivity index (χ4v) is 2.86. The van der Waals surface area contributed by atoms with Gasteiger partial charge in [0.05, 0.1) is 6.04 Å². The van der Waals surface area contributed by atoms with Crippen molar-refractivity contribution in [2.75, 3.05) is 6.54 Å². The maximum Gasteiger partial charge on any atom is 0.0516 e. The molecule has 0 radical (unpaired) electrons. The molecule has 0 aliphatic carbocycles. The molecule has 3 heteroatoms. The largest absolute Gasteiger partial charge is 0.326 e. The SMILES string of the molecule is CCC(N)C(c1ccccc1Cl)N(CC)C(C)CC. The standard InChI is InChI=1S/C16H27ClN2/c1-5-12(4)19(7-3)16(15(18)6-2)13-10-8-9-11-14(13)17/h8-12,15-16H,5-7,18H2,1-4H3. The van der Waals surface area contributed by atoms with Crippen LogP contribution in [0.25, 0.3) is 0 Å². The number of halogens is 1. The van der Waals surface area contributed by atoms with Crippen LogP contribution in [-0.2, 0) is 0 Å². The Hall–Kier alpha value is -0.570. The summed E-state index contributed by atoms with van der Waals surface area (Å²) >= 11 is 6.39. The molecular weight excluding hydrogens is 256 g/mol. The van der Waals surface area contributed by atoms with E-state index in [1.807, 2.05) is 18.2 Å². The first-order valence-corrected chi connectivity index (χ1v) is 7.70. The third kappa shape index (κ3) is 3.95. The number of hydrogen-bond donors (Lipinski definition) is 1. The van der Waals surface area contributed by atoms with Crippen molar-refractivity contribution < 1.29 is 0 Å². The molecule has 0 saturated carbocycles. The second-order valence-corrected chi connectivity index (χ2v) is 5.53. The lowest BCUT2D eigenvalue weighted by Gasteiger charge is -2.39. The van der Waals surface area contributed by atoms with Crippen molar-refractivity contribution >= 4 is 11.6 Å². The van der Waals surface area contributed by atoms with E-state index < -0.39 is 0 Å². The molecule has 0 amide bonds. The number of hydrogen-bond acceptors (Lipinski definition) is 2. The minimum Gasteiger partial charge on any atom is -0.326 e. The molecule has 0 aromatic heterocycles. The van der Waals surface area contributed by atoms with E-state index in [1.54, 1.807) is 0 Å². The Morgan fingerprint density at radius 2 is 1.79 bits per heavy atom. The van der Waals surface area contributed by atoms with Gasteiger partial charge in [0.2, 0.25) is 0 Å². The van der Waals surface area contributed by atoms with Crippen molar-refractivity contribution in [3.8, 4) is 0 Å². The Balaban J connectivity index is 3.17. The molecule has 0 heterocycles. The third-order valence-electron chi connectivity index (χ3n) is 3.98. The molecule has 108 valence electrons. The van der Waals surface area contributed by atoms with Crippen molar-refractivity contribution in [2.45, 2.75) is 58.7 Å². The van der Waals surface area contributed by atoms with Gasteiger partial charge in [-0.1, -0.05) is 50.6 Å². The number of nitrogens with zero attached hydrogens (tertiary/aromatic N) is 1. The van der Waals surface area contributed by atoms with Gasteiger partial charge in [-0.05, 0) is 37.9 Å². The first-order chi connectivity index (χ1) is 9.06. The number of likely N-dealkylation sites (N-methyl/N-ethyl adjacent to an activating group) is 1. The quantitative estimate of drug-likeness (QED) is 0.810. The van der Waals surface area contributed by atoms with Crippen LogP contribution in [0.15, 0.2) is 24.3 Å². The molecule has 2 nitrogen and oxygen atoms in total. The maximum atomic E-state index is 6.39. The molecule has 0 aliphatic heterocycles. The number of nitrogens with two attached hydrogens (primary N) is 1. The zero-order valence-corrected chi connectivity index (χ0v) is 13.3. The van der Waals surface area contributed by atoms with Gasteiger partial charge in [-0.25, -0.2) is 0 Å². The molecule has 0 spiro atoms. The van der Waals surface area contributed by atoms with Crippen molar-refractivity contribution in [3.05, 3.63) is 34.9 Å². The number of benzene rings is 1. The predicted molar refractivity (Wildman–Crippen MR) is 84.6 cm³/mol. The van der Waals surface area contributed by atoms with E-state index in [0.29, 0.717) is 6.04 Å². The highest BCUT2D eigenvalue weighted by molar-refractivity contribution is 6.31. The highest BCUT2D eigenvalue weighted by Gasteiger charge is 2.28. The second-order valence-electron chi connectivity index (χ2n) is 5.13. The minimum atomic E-state index is 0.105. The van der Waals surface area contributed by atoms with Crippen molar-refractivity contribution in [1.29, 1.82) is 0 Å². The average molecular weight is 283 g/mol. The van der Waals surface area contributed by atoms with Crippen LogP contribution in [0.4, 0.5) is 0 Å². The van der Waals surface area contributed by atoms with E-state index in [1.165, 1.54) is 0 Å². The molecule has 2 N–H and O–H groups in total. The van der Waals surface area contributed by atoms with Crippen LogP contribution >= 0.6 is 11.6 Å². The fourth-order valence-electron chi connectivity index (χ4n) is 2.61. The Labute approximate surface area is 122 Å². The summed E-state index contributed by atoms with van der Waals surface area (Å²) in [4.78, 5) is 2.47. The van der Waals surface area contributed by atoms with E-state index in [2.05, 4.69) is 38.7 Å². The molecule has 3 unspecified atom stereocenters. The van der Waals surface area contributed by atoms with Crippen LogP contribution in [0, 0.1) is 0 Å². The van der Waals surface area contributed by atoms with Crippen LogP contribution in [0.2, 0.25) is 5.02 Å². The van der Waals surface area contributed by atoms with Crippen LogP contribution in [0.5, 0.6) is 0 Å². The Morgan fingerprint density at radius 1 is 1.16 bits per heavy atom. The Morgan fingerprint density at radius 3 is 2.26 bits per heavy atom. The zero-order chi connectivity index (χ0) is 14.4. The minimum absolute atomic E-state index is 0.105. The highest BCUT2D eigenvalue weighted by Crippen LogP contribution is 2.32. The second kappa shape index (κ2) is 7.88. The summed E-state index contributed by atoms with van der Waals surface area (Å²) < 4.78 is 0. The maximum absolute atomic E-state index is 6.39. The van der Waals surface area contributed by atoms with Crippen LogP contribution < -0.4 is 5.73 Å². The number of rotatable bonds is 7. The van der Waals surface area contributed by atoms with Gasteiger partial charge >= 0.3 is 0 Å². The van der Waals surface area contributed by atoms with E-state index in [0.717, 1.165) is 30.0 Å². The lowest BCUT2D eigenvalue weighted by Crippen LogP contribution is -2.45. The highest BCUT2D eigenvalue weighted by atomic mass is 35.5. The van der Waals surface area contributed by atoms with E-state index in [-0.39, 0.29) is 12.1 Å². The van der Waals surface area contributed by atoms with E-state index in [4.69, 9.17) is 17.3 Å². The van der Waals surface area contributed by atoms with Crippen molar-refractivity contribution in [3.63, 3.8) is 0 Å². The molecule has 19 heavy (non-hydrogen) atoms. The van der Waals surface area contributed by atoms with Gasteiger partial charge in [0.15, 0.2) is 0 Å². The summed E-state index contributed by atoms with van der Waals surface area (Å²) in [6.07, 6.45) is 2.06. The fraction of sp³-hybridized carbons (Fsp3) is 0.625. The lowest BCUT2D eigenvalue weighted by molar-refractivity contribution is 0.126. The Kier molecular flexibility index (Phi) is 6.84. The molecule has 0 saturated heterocycles. The van der Waals surface area contributed by atoms with Gasteiger partial charge in [-0.2, -0.15) is 0 Å². The summed E-state index contributed by atoms with van der Waals surface area (Å²) in [6.45, 7) is 9.79. The van der Waals surface area contributed by atoms with Gasteiger partial charge in [-0.3, -0.25) is 4.90 Å². The van der Waals surface area contributed by atoms with Crippen molar-refractivity contribution in [2.24, 2.45) is 5.73 Å². The smallest absolute Gasteiger partial charge is 0.0516 e. The van der Waals surface area contributed by atoms with Crippen LogP contribution in [-0.4, -0.2) is 23.5 Å². The summed E-state index contributed by atoms with van der Waals surface area (Å²) in [6, 6.07) is 8.88. The first kappa shape index (κ1) is 16.5. The predicted octanol–water partition coefficient (Wildman–Crippen LogP) is 4.24. The summed E-state index contributed by atoms with van der Waals surface area (Å²) in [5.41, 5.74) is 7.54. The Bertz CT molecular complexity index is 381. The summed E-state index contributed by atoms with van der Waals surface area (Å²) in [5.74, 6) is 0. The molecule has 1 aromatic carbocycles. The van der Waals surface area contributed by atoms with E-state index >= 15 is 0 Å². The van der Waals surface area contributed by atoms with Crippen LogP contribution in [0.1, 0.15) is 52.1 Å².